The van der Waals surface area contributed by atoms with Gasteiger partial charge in [-0.1, -0.05) is 17.7 Å². The first-order chi connectivity index (χ1) is 9.22. The molecule has 2 N–H and O–H groups in total. The van der Waals surface area contributed by atoms with Crippen molar-refractivity contribution in [3.8, 4) is 5.75 Å². The summed E-state index contributed by atoms with van der Waals surface area (Å²) in [4.78, 5) is 11.3. The van der Waals surface area contributed by atoms with E-state index in [9.17, 15) is 4.79 Å². The van der Waals surface area contributed by atoms with Crippen LogP contribution in [0.5, 0.6) is 5.75 Å². The van der Waals surface area contributed by atoms with Gasteiger partial charge in [0.05, 0.1) is 13.2 Å². The average molecular weight is 266 g/mol. The first kappa shape index (κ1) is 15.3. The van der Waals surface area contributed by atoms with Crippen LogP contribution >= 0.6 is 0 Å². The minimum Gasteiger partial charge on any atom is -0.494 e. The second kappa shape index (κ2) is 9.22. The lowest BCUT2D eigenvalue weighted by molar-refractivity contribution is 0.195. The Hall–Kier alpha value is -1.75. The van der Waals surface area contributed by atoms with Gasteiger partial charge in [0.25, 0.3) is 0 Å². The molecular formula is C14H22N2O3. The molecule has 0 radical (unpaired) electrons. The highest BCUT2D eigenvalue weighted by atomic mass is 16.5. The molecule has 0 heterocycles. The average Bonchev–Trinajstić information content (AvgIpc) is 2.41. The maximum absolute atomic E-state index is 11.3. The first-order valence-electron chi connectivity index (χ1n) is 6.42. The summed E-state index contributed by atoms with van der Waals surface area (Å²) in [6, 6.07) is 7.74. The molecule has 0 aliphatic carbocycles. The summed E-state index contributed by atoms with van der Waals surface area (Å²) in [5.41, 5.74) is 1.21. The molecule has 0 fully saturated rings. The predicted molar refractivity (Wildman–Crippen MR) is 74.6 cm³/mol. The Labute approximate surface area is 114 Å². The molecule has 0 bridgehead atoms. The third-order valence-electron chi connectivity index (χ3n) is 2.49. The van der Waals surface area contributed by atoms with Crippen molar-refractivity contribution in [1.29, 1.82) is 0 Å². The quantitative estimate of drug-likeness (QED) is 0.704. The SMILES string of the molecule is COCCNC(=O)NCCCOc1ccc(C)cc1. The van der Waals surface area contributed by atoms with Gasteiger partial charge in [-0.3, -0.25) is 0 Å². The number of nitrogens with one attached hydrogen (secondary N) is 2. The second-order valence-corrected chi connectivity index (χ2v) is 4.19. The number of urea groups is 1. The molecule has 0 aliphatic heterocycles. The zero-order valence-corrected chi connectivity index (χ0v) is 11.6. The summed E-state index contributed by atoms with van der Waals surface area (Å²) in [6.45, 7) is 4.24. The van der Waals surface area contributed by atoms with E-state index in [4.69, 9.17) is 9.47 Å². The standard InChI is InChI=1S/C14H22N2O3/c1-12-4-6-13(7-5-12)19-10-3-8-15-14(17)16-9-11-18-2/h4-7H,3,8-11H2,1-2H3,(H2,15,16,17). The Morgan fingerprint density at radius 2 is 1.79 bits per heavy atom. The molecule has 0 atom stereocenters. The Kier molecular flexibility index (Phi) is 7.43. The molecule has 1 aromatic carbocycles. The lowest BCUT2D eigenvalue weighted by Gasteiger charge is -2.08. The van der Waals surface area contributed by atoms with Crippen LogP contribution in [0.3, 0.4) is 0 Å². The molecule has 0 aromatic heterocycles. The van der Waals surface area contributed by atoms with Crippen molar-refractivity contribution in [3.63, 3.8) is 0 Å². The van der Waals surface area contributed by atoms with Crippen LogP contribution in [0.15, 0.2) is 24.3 Å². The predicted octanol–water partition coefficient (Wildman–Crippen LogP) is 1.71. The third kappa shape index (κ3) is 7.31. The number of ether oxygens (including phenoxy) is 2. The minimum atomic E-state index is -0.174. The van der Waals surface area contributed by atoms with Crippen LogP contribution < -0.4 is 15.4 Å². The van der Waals surface area contributed by atoms with Crippen LogP contribution in [-0.2, 0) is 4.74 Å². The zero-order valence-electron chi connectivity index (χ0n) is 11.6. The lowest BCUT2D eigenvalue weighted by atomic mass is 10.2. The number of amides is 2. The minimum absolute atomic E-state index is 0.174. The van der Waals surface area contributed by atoms with E-state index in [1.54, 1.807) is 7.11 Å². The van der Waals surface area contributed by atoms with E-state index in [-0.39, 0.29) is 6.03 Å². The third-order valence-corrected chi connectivity index (χ3v) is 2.49. The van der Waals surface area contributed by atoms with Crippen LogP contribution in [0.4, 0.5) is 4.79 Å². The van der Waals surface area contributed by atoms with Gasteiger partial charge in [-0.25, -0.2) is 4.79 Å². The number of methoxy groups -OCH3 is 1. The fourth-order valence-electron chi connectivity index (χ4n) is 1.43. The van der Waals surface area contributed by atoms with Crippen molar-refractivity contribution >= 4 is 6.03 Å². The number of hydrogen-bond acceptors (Lipinski definition) is 3. The molecule has 0 aliphatic rings. The number of carbonyl (C=O) groups excluding carboxylic acids is 1. The van der Waals surface area contributed by atoms with Crippen LogP contribution in [0.25, 0.3) is 0 Å². The van der Waals surface area contributed by atoms with Crippen molar-refractivity contribution in [3.05, 3.63) is 29.8 Å². The smallest absolute Gasteiger partial charge is 0.314 e. The fraction of sp³-hybridized carbons (Fsp3) is 0.500. The van der Waals surface area contributed by atoms with Crippen LogP contribution in [0, 0.1) is 6.92 Å². The molecule has 0 unspecified atom stereocenters. The van der Waals surface area contributed by atoms with Crippen molar-refractivity contribution in [1.82, 2.24) is 10.6 Å². The molecule has 0 saturated carbocycles. The van der Waals surface area contributed by atoms with E-state index < -0.39 is 0 Å². The monoisotopic (exact) mass is 266 g/mol. The number of rotatable bonds is 8. The van der Waals surface area contributed by atoms with E-state index in [1.165, 1.54) is 5.56 Å². The highest BCUT2D eigenvalue weighted by molar-refractivity contribution is 5.73. The summed E-state index contributed by atoms with van der Waals surface area (Å²) >= 11 is 0. The number of carbonyl (C=O) groups is 1. The molecule has 5 heteroatoms. The Bertz CT molecular complexity index is 365. The Balaban J connectivity index is 2.01. The number of benzene rings is 1. The topological polar surface area (TPSA) is 59.6 Å². The largest absolute Gasteiger partial charge is 0.494 e. The maximum Gasteiger partial charge on any atom is 0.314 e. The van der Waals surface area contributed by atoms with Crippen LogP contribution in [0.1, 0.15) is 12.0 Å². The van der Waals surface area contributed by atoms with Gasteiger partial charge in [-0.15, -0.1) is 0 Å². The van der Waals surface area contributed by atoms with E-state index >= 15 is 0 Å². The zero-order chi connectivity index (χ0) is 13.9. The molecule has 19 heavy (non-hydrogen) atoms. The van der Waals surface area contributed by atoms with Gasteiger partial charge in [0, 0.05) is 20.2 Å². The summed E-state index contributed by atoms with van der Waals surface area (Å²) < 4.78 is 10.4. The van der Waals surface area contributed by atoms with Gasteiger partial charge >= 0.3 is 6.03 Å². The molecular weight excluding hydrogens is 244 g/mol. The van der Waals surface area contributed by atoms with E-state index in [2.05, 4.69) is 10.6 Å². The van der Waals surface area contributed by atoms with Crippen molar-refractivity contribution in [2.75, 3.05) is 33.4 Å². The summed E-state index contributed by atoms with van der Waals surface area (Å²) in [5.74, 6) is 0.857. The first-order valence-corrected chi connectivity index (χ1v) is 6.42. The van der Waals surface area contributed by atoms with Gasteiger partial charge in [0.2, 0.25) is 0 Å². The Morgan fingerprint density at radius 1 is 1.11 bits per heavy atom. The number of hydrogen-bond donors (Lipinski definition) is 2. The molecule has 106 valence electrons. The van der Waals surface area contributed by atoms with Crippen LogP contribution in [0.2, 0.25) is 0 Å². The second-order valence-electron chi connectivity index (χ2n) is 4.19. The molecule has 5 nitrogen and oxygen atoms in total. The fourth-order valence-corrected chi connectivity index (χ4v) is 1.43. The number of aryl methyl sites for hydroxylation is 1. The van der Waals surface area contributed by atoms with Gasteiger partial charge in [-0.2, -0.15) is 0 Å². The van der Waals surface area contributed by atoms with E-state index in [1.807, 2.05) is 31.2 Å². The van der Waals surface area contributed by atoms with Crippen molar-refractivity contribution < 1.29 is 14.3 Å². The summed E-state index contributed by atoms with van der Waals surface area (Å²) in [7, 11) is 1.60. The molecule has 1 rings (SSSR count). The van der Waals surface area contributed by atoms with E-state index in [0.29, 0.717) is 26.3 Å². The summed E-state index contributed by atoms with van der Waals surface area (Å²) in [6.07, 6.45) is 0.769. The Morgan fingerprint density at radius 3 is 2.47 bits per heavy atom. The van der Waals surface area contributed by atoms with E-state index in [0.717, 1.165) is 12.2 Å². The normalized spacial score (nSPS) is 10.0. The van der Waals surface area contributed by atoms with Gasteiger partial charge in [-0.05, 0) is 25.5 Å². The van der Waals surface area contributed by atoms with Crippen molar-refractivity contribution in [2.45, 2.75) is 13.3 Å². The highest BCUT2D eigenvalue weighted by Gasteiger charge is 1.98. The highest BCUT2D eigenvalue weighted by Crippen LogP contribution is 2.11. The van der Waals surface area contributed by atoms with Crippen LogP contribution in [-0.4, -0.2) is 39.4 Å². The summed E-state index contributed by atoms with van der Waals surface area (Å²) in [5, 5.41) is 5.43. The molecule has 0 saturated heterocycles. The molecule has 2 amide bonds. The van der Waals surface area contributed by atoms with Gasteiger partial charge in [0.15, 0.2) is 0 Å². The lowest BCUT2D eigenvalue weighted by Crippen LogP contribution is -2.38. The van der Waals surface area contributed by atoms with Gasteiger partial charge < -0.3 is 20.1 Å². The van der Waals surface area contributed by atoms with Gasteiger partial charge in [0.1, 0.15) is 5.75 Å². The molecule has 0 spiro atoms. The molecule has 1 aromatic rings. The maximum atomic E-state index is 11.3. The van der Waals surface area contributed by atoms with Crippen molar-refractivity contribution in [2.24, 2.45) is 0 Å².